The SMILES string of the molecule is COc1ccc(CN2CCC(N3CCCNCC3)CC2)cc1.Cl. The summed E-state index contributed by atoms with van der Waals surface area (Å²) in [5.74, 6) is 0.942. The highest BCUT2D eigenvalue weighted by molar-refractivity contribution is 5.85. The van der Waals surface area contributed by atoms with Gasteiger partial charge in [-0.05, 0) is 63.1 Å². The van der Waals surface area contributed by atoms with Crippen LogP contribution in [0.4, 0.5) is 0 Å². The van der Waals surface area contributed by atoms with E-state index in [9.17, 15) is 0 Å². The quantitative estimate of drug-likeness (QED) is 0.911. The van der Waals surface area contributed by atoms with E-state index in [0.29, 0.717) is 0 Å². The number of nitrogens with one attached hydrogen (secondary N) is 1. The van der Waals surface area contributed by atoms with Gasteiger partial charge in [-0.1, -0.05) is 12.1 Å². The largest absolute Gasteiger partial charge is 0.497 e. The van der Waals surface area contributed by atoms with Crippen LogP contribution in [0.2, 0.25) is 0 Å². The van der Waals surface area contributed by atoms with Gasteiger partial charge in [0.15, 0.2) is 0 Å². The molecule has 0 aromatic heterocycles. The van der Waals surface area contributed by atoms with Crippen LogP contribution in [0.15, 0.2) is 24.3 Å². The summed E-state index contributed by atoms with van der Waals surface area (Å²) < 4.78 is 5.23. The van der Waals surface area contributed by atoms with E-state index in [2.05, 4.69) is 39.4 Å². The number of rotatable bonds is 4. The molecule has 0 bridgehead atoms. The number of nitrogens with zero attached hydrogens (tertiary/aromatic N) is 2. The van der Waals surface area contributed by atoms with Crippen molar-refractivity contribution in [2.24, 2.45) is 0 Å². The zero-order chi connectivity index (χ0) is 15.2. The molecule has 1 N–H and O–H groups in total. The molecule has 0 atom stereocenters. The third-order valence-corrected chi connectivity index (χ3v) is 5.01. The van der Waals surface area contributed by atoms with E-state index < -0.39 is 0 Å². The van der Waals surface area contributed by atoms with Gasteiger partial charge >= 0.3 is 0 Å². The van der Waals surface area contributed by atoms with Crippen molar-refractivity contribution >= 4 is 12.4 Å². The van der Waals surface area contributed by atoms with E-state index in [-0.39, 0.29) is 12.4 Å². The molecule has 130 valence electrons. The van der Waals surface area contributed by atoms with Crippen LogP contribution in [0.5, 0.6) is 5.75 Å². The van der Waals surface area contributed by atoms with E-state index in [0.717, 1.165) is 24.9 Å². The van der Waals surface area contributed by atoms with Crippen molar-refractivity contribution in [3.63, 3.8) is 0 Å². The lowest BCUT2D eigenvalue weighted by molar-refractivity contribution is 0.109. The van der Waals surface area contributed by atoms with Gasteiger partial charge in [-0.2, -0.15) is 0 Å². The van der Waals surface area contributed by atoms with Crippen LogP contribution in [0, 0.1) is 0 Å². The second-order valence-electron chi connectivity index (χ2n) is 6.49. The monoisotopic (exact) mass is 339 g/mol. The molecule has 3 rings (SSSR count). The standard InChI is InChI=1S/C18H29N3O.ClH/c1-22-18-5-3-16(4-6-18)15-20-12-7-17(8-13-20)21-11-2-9-19-10-14-21;/h3-6,17,19H,2,7-15H2,1H3;1H. The number of piperidine rings is 1. The minimum Gasteiger partial charge on any atom is -0.497 e. The highest BCUT2D eigenvalue weighted by Gasteiger charge is 2.24. The fourth-order valence-corrected chi connectivity index (χ4v) is 3.66. The molecule has 2 aliphatic heterocycles. The average molecular weight is 340 g/mol. The molecular weight excluding hydrogens is 310 g/mol. The second-order valence-corrected chi connectivity index (χ2v) is 6.49. The van der Waals surface area contributed by atoms with Crippen molar-refractivity contribution in [3.8, 4) is 5.75 Å². The lowest BCUT2D eigenvalue weighted by Crippen LogP contribution is -2.45. The lowest BCUT2D eigenvalue weighted by Gasteiger charge is -2.38. The number of halogens is 1. The van der Waals surface area contributed by atoms with Gasteiger partial charge in [0.1, 0.15) is 5.75 Å². The zero-order valence-electron chi connectivity index (χ0n) is 14.2. The fraction of sp³-hybridized carbons (Fsp3) is 0.667. The molecule has 1 aromatic carbocycles. The predicted octanol–water partition coefficient (Wildman–Crippen LogP) is 2.38. The highest BCUT2D eigenvalue weighted by Crippen LogP contribution is 2.20. The summed E-state index contributed by atoms with van der Waals surface area (Å²) in [4.78, 5) is 5.30. The Labute approximate surface area is 146 Å². The zero-order valence-corrected chi connectivity index (χ0v) is 15.0. The van der Waals surface area contributed by atoms with Crippen molar-refractivity contribution < 1.29 is 4.74 Å². The molecule has 0 saturated carbocycles. The number of hydrogen-bond donors (Lipinski definition) is 1. The third kappa shape index (κ3) is 5.35. The number of likely N-dealkylation sites (tertiary alicyclic amines) is 1. The van der Waals surface area contributed by atoms with Gasteiger partial charge in [-0.25, -0.2) is 0 Å². The normalized spacial score (nSPS) is 21.4. The van der Waals surface area contributed by atoms with E-state index >= 15 is 0 Å². The van der Waals surface area contributed by atoms with Crippen LogP contribution in [0.3, 0.4) is 0 Å². The van der Waals surface area contributed by atoms with Crippen molar-refractivity contribution in [3.05, 3.63) is 29.8 Å². The Balaban J connectivity index is 0.00000192. The predicted molar refractivity (Wildman–Crippen MR) is 97.6 cm³/mol. The topological polar surface area (TPSA) is 27.7 Å². The summed E-state index contributed by atoms with van der Waals surface area (Å²) in [6.07, 6.45) is 3.93. The van der Waals surface area contributed by atoms with Gasteiger partial charge in [0.2, 0.25) is 0 Å². The van der Waals surface area contributed by atoms with E-state index in [1.165, 1.54) is 57.5 Å². The Hall–Kier alpha value is -0.810. The molecule has 0 spiro atoms. The maximum Gasteiger partial charge on any atom is 0.118 e. The molecular formula is C18H30ClN3O. The molecule has 0 amide bonds. The van der Waals surface area contributed by atoms with E-state index in [1.54, 1.807) is 7.11 Å². The van der Waals surface area contributed by atoms with Crippen LogP contribution in [0.25, 0.3) is 0 Å². The van der Waals surface area contributed by atoms with E-state index in [4.69, 9.17) is 4.74 Å². The first-order chi connectivity index (χ1) is 10.8. The summed E-state index contributed by atoms with van der Waals surface area (Å²) in [5, 5.41) is 3.50. The van der Waals surface area contributed by atoms with Crippen LogP contribution >= 0.6 is 12.4 Å². The van der Waals surface area contributed by atoms with Crippen molar-refractivity contribution in [2.45, 2.75) is 31.8 Å². The van der Waals surface area contributed by atoms with Gasteiger partial charge in [-0.15, -0.1) is 12.4 Å². The molecule has 2 aliphatic rings. The second kappa shape index (κ2) is 9.48. The minimum atomic E-state index is 0. The molecule has 0 aliphatic carbocycles. The van der Waals surface area contributed by atoms with Crippen LogP contribution < -0.4 is 10.1 Å². The van der Waals surface area contributed by atoms with Crippen LogP contribution in [-0.4, -0.2) is 62.2 Å². The Morgan fingerprint density at radius 2 is 1.78 bits per heavy atom. The molecule has 0 unspecified atom stereocenters. The third-order valence-electron chi connectivity index (χ3n) is 5.01. The van der Waals surface area contributed by atoms with Gasteiger partial charge in [0.05, 0.1) is 7.11 Å². The van der Waals surface area contributed by atoms with Crippen molar-refractivity contribution in [1.29, 1.82) is 0 Å². The summed E-state index contributed by atoms with van der Waals surface area (Å²) in [6, 6.07) is 9.29. The maximum atomic E-state index is 5.23. The molecule has 2 fully saturated rings. The van der Waals surface area contributed by atoms with Gasteiger partial charge in [0, 0.05) is 25.7 Å². The molecule has 5 heteroatoms. The van der Waals surface area contributed by atoms with Crippen LogP contribution in [-0.2, 0) is 6.54 Å². The molecule has 1 aromatic rings. The first kappa shape index (κ1) is 18.5. The number of methoxy groups -OCH3 is 1. The van der Waals surface area contributed by atoms with Crippen molar-refractivity contribution in [2.75, 3.05) is 46.4 Å². The average Bonchev–Trinajstić information content (AvgIpc) is 2.86. The van der Waals surface area contributed by atoms with Gasteiger partial charge in [0.25, 0.3) is 0 Å². The fourth-order valence-electron chi connectivity index (χ4n) is 3.66. The van der Waals surface area contributed by atoms with Gasteiger partial charge in [-0.3, -0.25) is 9.80 Å². The molecule has 2 saturated heterocycles. The molecule has 0 radical (unpaired) electrons. The van der Waals surface area contributed by atoms with Crippen LogP contribution in [0.1, 0.15) is 24.8 Å². The smallest absolute Gasteiger partial charge is 0.118 e. The molecule has 2 heterocycles. The Kier molecular flexibility index (Phi) is 7.63. The lowest BCUT2D eigenvalue weighted by atomic mass is 10.0. The number of ether oxygens (including phenoxy) is 1. The summed E-state index contributed by atoms with van der Waals surface area (Å²) >= 11 is 0. The van der Waals surface area contributed by atoms with Crippen molar-refractivity contribution in [1.82, 2.24) is 15.1 Å². The molecule has 4 nitrogen and oxygen atoms in total. The first-order valence-corrected chi connectivity index (χ1v) is 8.65. The Bertz CT molecular complexity index is 438. The highest BCUT2D eigenvalue weighted by atomic mass is 35.5. The summed E-state index contributed by atoms with van der Waals surface area (Å²) in [6.45, 7) is 8.36. The number of hydrogen-bond acceptors (Lipinski definition) is 4. The summed E-state index contributed by atoms with van der Waals surface area (Å²) in [7, 11) is 1.72. The maximum absolute atomic E-state index is 5.23. The number of benzene rings is 1. The Morgan fingerprint density at radius 1 is 1.04 bits per heavy atom. The minimum absolute atomic E-state index is 0. The first-order valence-electron chi connectivity index (χ1n) is 8.65. The molecule has 23 heavy (non-hydrogen) atoms. The van der Waals surface area contributed by atoms with Gasteiger partial charge < -0.3 is 10.1 Å². The summed E-state index contributed by atoms with van der Waals surface area (Å²) in [5.41, 5.74) is 1.39. The van der Waals surface area contributed by atoms with E-state index in [1.807, 2.05) is 0 Å². The Morgan fingerprint density at radius 3 is 2.48 bits per heavy atom.